The lowest BCUT2D eigenvalue weighted by Gasteiger charge is -2.23. The highest BCUT2D eigenvalue weighted by atomic mass is 35.5. The van der Waals surface area contributed by atoms with E-state index in [2.05, 4.69) is 30.9 Å². The summed E-state index contributed by atoms with van der Waals surface area (Å²) in [7, 11) is 0. The summed E-state index contributed by atoms with van der Waals surface area (Å²) in [6.45, 7) is 6.99. The Morgan fingerprint density at radius 2 is 2.00 bits per heavy atom. The van der Waals surface area contributed by atoms with Crippen molar-refractivity contribution >= 4 is 28.8 Å². The standard InChI is InChI=1S/C13H19ClN2S/c1-3-16(8-10(2)13(15)17)9-11-4-6-12(14)7-5-11/h4-7,10H,3,8-9H2,1-2H3,(H2,15,17). The molecule has 0 aliphatic rings. The summed E-state index contributed by atoms with van der Waals surface area (Å²) in [5, 5.41) is 0.772. The molecule has 0 saturated heterocycles. The molecule has 1 aromatic rings. The van der Waals surface area contributed by atoms with Crippen molar-refractivity contribution < 1.29 is 0 Å². The van der Waals surface area contributed by atoms with Gasteiger partial charge in [0.05, 0.1) is 4.99 Å². The van der Waals surface area contributed by atoms with Gasteiger partial charge in [0, 0.05) is 24.0 Å². The number of benzene rings is 1. The molecule has 0 bridgehead atoms. The highest BCUT2D eigenvalue weighted by Crippen LogP contribution is 2.12. The van der Waals surface area contributed by atoms with Crippen molar-refractivity contribution in [3.63, 3.8) is 0 Å². The molecule has 0 radical (unpaired) electrons. The normalized spacial score (nSPS) is 12.7. The van der Waals surface area contributed by atoms with Crippen LogP contribution < -0.4 is 5.73 Å². The van der Waals surface area contributed by atoms with Crippen molar-refractivity contribution in [1.82, 2.24) is 4.90 Å². The number of rotatable bonds is 6. The molecule has 0 amide bonds. The summed E-state index contributed by atoms with van der Waals surface area (Å²) in [6, 6.07) is 7.94. The number of hydrogen-bond acceptors (Lipinski definition) is 2. The van der Waals surface area contributed by atoms with E-state index in [0.29, 0.717) is 4.99 Å². The molecule has 0 saturated carbocycles. The Balaban J connectivity index is 2.57. The lowest BCUT2D eigenvalue weighted by molar-refractivity contribution is 0.264. The molecule has 1 aromatic carbocycles. The quantitative estimate of drug-likeness (QED) is 0.806. The van der Waals surface area contributed by atoms with E-state index in [1.165, 1.54) is 5.56 Å². The van der Waals surface area contributed by atoms with Gasteiger partial charge in [-0.2, -0.15) is 0 Å². The van der Waals surface area contributed by atoms with Crippen LogP contribution >= 0.6 is 23.8 Å². The summed E-state index contributed by atoms with van der Waals surface area (Å²) in [5.74, 6) is 0.247. The minimum atomic E-state index is 0.247. The summed E-state index contributed by atoms with van der Waals surface area (Å²) in [4.78, 5) is 2.91. The Morgan fingerprint density at radius 3 is 2.47 bits per heavy atom. The average Bonchev–Trinajstić information content (AvgIpc) is 2.30. The molecular weight excluding hydrogens is 252 g/mol. The van der Waals surface area contributed by atoms with Crippen LogP contribution in [0.25, 0.3) is 0 Å². The number of nitrogens with two attached hydrogens (primary N) is 1. The van der Waals surface area contributed by atoms with Crippen LogP contribution in [-0.2, 0) is 6.54 Å². The molecule has 94 valence electrons. The third-order valence-corrected chi connectivity index (χ3v) is 3.44. The van der Waals surface area contributed by atoms with E-state index >= 15 is 0 Å². The monoisotopic (exact) mass is 270 g/mol. The van der Waals surface area contributed by atoms with Gasteiger partial charge in [0.2, 0.25) is 0 Å². The molecule has 1 atom stereocenters. The molecule has 2 N–H and O–H groups in total. The Morgan fingerprint density at radius 1 is 1.41 bits per heavy atom. The van der Waals surface area contributed by atoms with Gasteiger partial charge < -0.3 is 5.73 Å². The van der Waals surface area contributed by atoms with E-state index in [-0.39, 0.29) is 5.92 Å². The topological polar surface area (TPSA) is 29.3 Å². The molecule has 0 aliphatic carbocycles. The highest BCUT2D eigenvalue weighted by Gasteiger charge is 2.11. The van der Waals surface area contributed by atoms with Crippen LogP contribution in [0.1, 0.15) is 19.4 Å². The van der Waals surface area contributed by atoms with Crippen LogP contribution in [0, 0.1) is 5.92 Å². The van der Waals surface area contributed by atoms with Gasteiger partial charge in [0.25, 0.3) is 0 Å². The number of nitrogens with zero attached hydrogens (tertiary/aromatic N) is 1. The van der Waals surface area contributed by atoms with Gasteiger partial charge in [-0.25, -0.2) is 0 Å². The number of thiocarbonyl (C=S) groups is 1. The summed E-state index contributed by atoms with van der Waals surface area (Å²) in [6.07, 6.45) is 0. The molecule has 4 heteroatoms. The van der Waals surface area contributed by atoms with Crippen molar-refractivity contribution in [2.75, 3.05) is 13.1 Å². The zero-order chi connectivity index (χ0) is 12.8. The van der Waals surface area contributed by atoms with Crippen LogP contribution in [0.2, 0.25) is 5.02 Å². The Labute approximate surface area is 114 Å². The van der Waals surface area contributed by atoms with Gasteiger partial charge in [-0.05, 0) is 24.2 Å². The smallest absolute Gasteiger partial charge is 0.0768 e. The predicted molar refractivity (Wildman–Crippen MR) is 78.4 cm³/mol. The minimum Gasteiger partial charge on any atom is -0.393 e. The minimum absolute atomic E-state index is 0.247. The predicted octanol–water partition coefficient (Wildman–Crippen LogP) is 3.08. The first-order valence-electron chi connectivity index (χ1n) is 5.79. The largest absolute Gasteiger partial charge is 0.393 e. The van der Waals surface area contributed by atoms with E-state index in [0.717, 1.165) is 24.7 Å². The Bertz CT molecular complexity index is 364. The van der Waals surface area contributed by atoms with Gasteiger partial charge >= 0.3 is 0 Å². The summed E-state index contributed by atoms with van der Waals surface area (Å²) < 4.78 is 0. The zero-order valence-electron chi connectivity index (χ0n) is 10.3. The lowest BCUT2D eigenvalue weighted by atomic mass is 10.1. The molecular formula is C13H19ClN2S. The molecule has 0 spiro atoms. The van der Waals surface area contributed by atoms with E-state index < -0.39 is 0 Å². The maximum atomic E-state index is 5.86. The molecule has 2 nitrogen and oxygen atoms in total. The first-order chi connectivity index (χ1) is 8.02. The van der Waals surface area contributed by atoms with Crippen LogP contribution in [0.3, 0.4) is 0 Å². The molecule has 17 heavy (non-hydrogen) atoms. The summed E-state index contributed by atoms with van der Waals surface area (Å²) in [5.41, 5.74) is 6.90. The summed E-state index contributed by atoms with van der Waals surface area (Å²) >= 11 is 10.9. The van der Waals surface area contributed by atoms with Crippen LogP contribution in [-0.4, -0.2) is 23.0 Å². The highest BCUT2D eigenvalue weighted by molar-refractivity contribution is 7.80. The van der Waals surface area contributed by atoms with E-state index in [4.69, 9.17) is 29.6 Å². The van der Waals surface area contributed by atoms with Gasteiger partial charge in [0.15, 0.2) is 0 Å². The fraction of sp³-hybridized carbons (Fsp3) is 0.462. The second-order valence-electron chi connectivity index (χ2n) is 4.26. The second kappa shape index (κ2) is 6.94. The molecule has 0 fully saturated rings. The maximum absolute atomic E-state index is 5.86. The van der Waals surface area contributed by atoms with Crippen molar-refractivity contribution in [3.05, 3.63) is 34.9 Å². The van der Waals surface area contributed by atoms with Gasteiger partial charge in [-0.3, -0.25) is 4.90 Å². The molecule has 1 unspecified atom stereocenters. The van der Waals surface area contributed by atoms with E-state index in [9.17, 15) is 0 Å². The van der Waals surface area contributed by atoms with Crippen molar-refractivity contribution in [2.24, 2.45) is 11.7 Å². The van der Waals surface area contributed by atoms with E-state index in [1.54, 1.807) is 0 Å². The van der Waals surface area contributed by atoms with Crippen LogP contribution in [0.4, 0.5) is 0 Å². The third kappa shape index (κ3) is 5.02. The molecule has 0 heterocycles. The van der Waals surface area contributed by atoms with Crippen LogP contribution in [0.15, 0.2) is 24.3 Å². The van der Waals surface area contributed by atoms with E-state index in [1.807, 2.05) is 12.1 Å². The Kier molecular flexibility index (Phi) is 5.89. The fourth-order valence-corrected chi connectivity index (χ4v) is 1.83. The first-order valence-corrected chi connectivity index (χ1v) is 6.57. The van der Waals surface area contributed by atoms with Crippen molar-refractivity contribution in [1.29, 1.82) is 0 Å². The van der Waals surface area contributed by atoms with Gasteiger partial charge in [-0.15, -0.1) is 0 Å². The maximum Gasteiger partial charge on any atom is 0.0768 e. The Hall–Kier alpha value is -0.640. The molecule has 0 aliphatic heterocycles. The van der Waals surface area contributed by atoms with Gasteiger partial charge in [0.1, 0.15) is 0 Å². The number of hydrogen-bond donors (Lipinski definition) is 1. The lowest BCUT2D eigenvalue weighted by Crippen LogP contribution is -2.33. The van der Waals surface area contributed by atoms with Crippen molar-refractivity contribution in [3.8, 4) is 0 Å². The molecule has 1 rings (SSSR count). The van der Waals surface area contributed by atoms with Crippen LogP contribution in [0.5, 0.6) is 0 Å². The van der Waals surface area contributed by atoms with Gasteiger partial charge in [-0.1, -0.05) is 49.8 Å². The number of halogens is 1. The third-order valence-electron chi connectivity index (χ3n) is 2.78. The SMILES string of the molecule is CCN(Cc1ccc(Cl)cc1)CC(C)C(N)=S. The second-order valence-corrected chi connectivity index (χ2v) is 5.17. The molecule has 0 aromatic heterocycles. The first kappa shape index (κ1) is 14.4. The average molecular weight is 271 g/mol. The van der Waals surface area contributed by atoms with Crippen molar-refractivity contribution in [2.45, 2.75) is 20.4 Å². The zero-order valence-corrected chi connectivity index (χ0v) is 11.9. The fourth-order valence-electron chi connectivity index (χ4n) is 1.63.